The molecule has 4 heteroatoms. The van der Waals surface area contributed by atoms with Crippen LogP contribution in [0.5, 0.6) is 0 Å². The van der Waals surface area contributed by atoms with Gasteiger partial charge in [-0.25, -0.2) is 0 Å². The van der Waals surface area contributed by atoms with Gasteiger partial charge in [-0.05, 0) is 33.8 Å². The van der Waals surface area contributed by atoms with Crippen molar-refractivity contribution in [3.63, 3.8) is 0 Å². The van der Waals surface area contributed by atoms with Crippen molar-refractivity contribution in [1.29, 1.82) is 0 Å². The van der Waals surface area contributed by atoms with Gasteiger partial charge in [0.2, 0.25) is 0 Å². The minimum absolute atomic E-state index is 0.191. The smallest absolute Gasteiger partial charge is 0.0864 e. The van der Waals surface area contributed by atoms with Gasteiger partial charge >= 0.3 is 0 Å². The zero-order valence-corrected chi connectivity index (χ0v) is 11.5. The van der Waals surface area contributed by atoms with Crippen molar-refractivity contribution in [3.05, 3.63) is 30.0 Å². The summed E-state index contributed by atoms with van der Waals surface area (Å²) in [5.74, 6) is 0. The third-order valence-corrected chi connectivity index (χ3v) is 2.65. The normalized spacial score (nSPS) is 12.2. The van der Waals surface area contributed by atoms with Gasteiger partial charge in [-0.1, -0.05) is 18.2 Å². The molecule has 1 aromatic carbocycles. The Balaban J connectivity index is 2.18. The van der Waals surface area contributed by atoms with Crippen LogP contribution < -0.4 is 5.48 Å². The second-order valence-corrected chi connectivity index (χ2v) is 5.32. The molecule has 1 heterocycles. The Hall–Kier alpha value is -1.39. The van der Waals surface area contributed by atoms with E-state index in [0.29, 0.717) is 6.54 Å². The second kappa shape index (κ2) is 5.08. The Morgan fingerprint density at radius 1 is 1.28 bits per heavy atom. The summed E-state index contributed by atoms with van der Waals surface area (Å²) in [6.07, 6.45) is 0. The first-order valence-corrected chi connectivity index (χ1v) is 6.36. The number of hydrogen-bond donors (Lipinski definition) is 1. The lowest BCUT2D eigenvalue weighted by molar-refractivity contribution is -0.0760. The molecule has 0 bridgehead atoms. The number of nitrogens with one attached hydrogen (secondary N) is 1. The molecular weight excluding hydrogens is 226 g/mol. The molecule has 0 atom stereocenters. The van der Waals surface area contributed by atoms with Crippen molar-refractivity contribution in [2.45, 2.75) is 46.4 Å². The van der Waals surface area contributed by atoms with Crippen LogP contribution in [0, 0.1) is 0 Å². The summed E-state index contributed by atoms with van der Waals surface area (Å²) in [6.45, 7) is 9.64. The predicted octanol–water partition coefficient (Wildman–Crippen LogP) is 2.88. The highest BCUT2D eigenvalue weighted by Crippen LogP contribution is 2.18. The summed E-state index contributed by atoms with van der Waals surface area (Å²) < 4.78 is 2.02. The fourth-order valence-electron chi connectivity index (χ4n) is 1.89. The molecule has 0 unspecified atom stereocenters. The number of benzene rings is 1. The molecule has 0 radical (unpaired) electrons. The Morgan fingerprint density at radius 2 is 2.00 bits per heavy atom. The largest absolute Gasteiger partial charge is 0.296 e. The van der Waals surface area contributed by atoms with Crippen LogP contribution in [0.3, 0.4) is 0 Å². The van der Waals surface area contributed by atoms with Gasteiger partial charge in [0.15, 0.2) is 0 Å². The molecule has 4 nitrogen and oxygen atoms in total. The lowest BCUT2D eigenvalue weighted by atomic mass is 10.2. The second-order valence-electron chi connectivity index (χ2n) is 5.32. The van der Waals surface area contributed by atoms with Crippen LogP contribution in [0.4, 0.5) is 0 Å². The van der Waals surface area contributed by atoms with Crippen LogP contribution in [0.25, 0.3) is 10.9 Å². The molecule has 0 aliphatic carbocycles. The fourth-order valence-corrected chi connectivity index (χ4v) is 1.89. The Labute approximate surface area is 108 Å². The molecule has 0 aliphatic heterocycles. The van der Waals surface area contributed by atoms with Crippen molar-refractivity contribution in [1.82, 2.24) is 15.3 Å². The third-order valence-electron chi connectivity index (χ3n) is 2.65. The minimum atomic E-state index is -0.191. The van der Waals surface area contributed by atoms with E-state index in [0.717, 1.165) is 12.2 Å². The van der Waals surface area contributed by atoms with Gasteiger partial charge in [0.05, 0.1) is 23.4 Å². The monoisotopic (exact) mass is 247 g/mol. The number of aryl methyl sites for hydroxylation is 1. The quantitative estimate of drug-likeness (QED) is 0.844. The standard InChI is InChI=1S/C14H21N3O/c1-5-17-13-9-7-6-8-11(13)12(16-17)10-15-18-14(2,3)4/h6-9,15H,5,10H2,1-4H3. The molecule has 0 fully saturated rings. The zero-order chi connectivity index (χ0) is 13.2. The number of hydroxylamine groups is 1. The number of rotatable bonds is 4. The fraction of sp³-hybridized carbons (Fsp3) is 0.500. The first-order valence-electron chi connectivity index (χ1n) is 6.36. The number of para-hydroxylation sites is 1. The van der Waals surface area contributed by atoms with Gasteiger partial charge in [-0.15, -0.1) is 0 Å². The van der Waals surface area contributed by atoms with Crippen LogP contribution in [-0.4, -0.2) is 15.4 Å². The summed E-state index contributed by atoms with van der Waals surface area (Å²) in [5, 5.41) is 5.79. The molecule has 2 aromatic rings. The van der Waals surface area contributed by atoms with E-state index in [9.17, 15) is 0 Å². The predicted molar refractivity (Wildman–Crippen MR) is 73.1 cm³/mol. The summed E-state index contributed by atoms with van der Waals surface area (Å²) in [4.78, 5) is 5.53. The molecule has 18 heavy (non-hydrogen) atoms. The molecule has 0 saturated heterocycles. The Bertz CT molecular complexity index is 525. The van der Waals surface area contributed by atoms with Gasteiger partial charge in [0.25, 0.3) is 0 Å². The molecule has 0 saturated carbocycles. The minimum Gasteiger partial charge on any atom is -0.296 e. The Kier molecular flexibility index (Phi) is 3.68. The lowest BCUT2D eigenvalue weighted by Crippen LogP contribution is -2.28. The third kappa shape index (κ3) is 2.89. The average Bonchev–Trinajstić information content (AvgIpc) is 2.66. The van der Waals surface area contributed by atoms with Gasteiger partial charge < -0.3 is 0 Å². The van der Waals surface area contributed by atoms with Crippen LogP contribution in [0.1, 0.15) is 33.4 Å². The zero-order valence-electron chi connectivity index (χ0n) is 11.5. The van der Waals surface area contributed by atoms with Gasteiger partial charge in [0, 0.05) is 11.9 Å². The summed E-state index contributed by atoms with van der Waals surface area (Å²) in [6, 6.07) is 8.28. The van der Waals surface area contributed by atoms with Crippen LogP contribution in [0.15, 0.2) is 24.3 Å². The lowest BCUT2D eigenvalue weighted by Gasteiger charge is -2.18. The van der Waals surface area contributed by atoms with E-state index in [1.54, 1.807) is 0 Å². The van der Waals surface area contributed by atoms with Crippen molar-refractivity contribution in [2.75, 3.05) is 0 Å². The van der Waals surface area contributed by atoms with Crippen LogP contribution in [0.2, 0.25) is 0 Å². The van der Waals surface area contributed by atoms with Crippen LogP contribution >= 0.6 is 0 Å². The van der Waals surface area contributed by atoms with Gasteiger partial charge in [0.1, 0.15) is 0 Å². The van der Waals surface area contributed by atoms with Crippen LogP contribution in [-0.2, 0) is 17.9 Å². The average molecular weight is 247 g/mol. The number of nitrogens with zero attached hydrogens (tertiary/aromatic N) is 2. The highest BCUT2D eigenvalue weighted by atomic mass is 16.7. The maximum atomic E-state index is 5.53. The van der Waals surface area contributed by atoms with E-state index in [1.165, 1.54) is 10.9 Å². The molecule has 0 spiro atoms. The highest BCUT2D eigenvalue weighted by molar-refractivity contribution is 5.81. The topological polar surface area (TPSA) is 39.1 Å². The number of hydrogen-bond acceptors (Lipinski definition) is 3. The summed E-state index contributed by atoms with van der Waals surface area (Å²) >= 11 is 0. The van der Waals surface area contributed by atoms with E-state index in [4.69, 9.17) is 4.84 Å². The molecule has 1 aromatic heterocycles. The molecule has 98 valence electrons. The van der Waals surface area contributed by atoms with E-state index < -0.39 is 0 Å². The SMILES string of the molecule is CCn1nc(CNOC(C)(C)C)c2ccccc21. The number of fused-ring (bicyclic) bond motifs is 1. The van der Waals surface area contributed by atoms with E-state index in [1.807, 2.05) is 37.6 Å². The first kappa shape index (κ1) is 13.1. The summed E-state index contributed by atoms with van der Waals surface area (Å²) in [5.41, 5.74) is 5.00. The van der Waals surface area contributed by atoms with Crippen molar-refractivity contribution in [3.8, 4) is 0 Å². The molecule has 1 N–H and O–H groups in total. The van der Waals surface area contributed by atoms with E-state index >= 15 is 0 Å². The highest BCUT2D eigenvalue weighted by Gasteiger charge is 2.12. The molecular formula is C14H21N3O. The molecule has 2 rings (SSSR count). The summed E-state index contributed by atoms with van der Waals surface area (Å²) in [7, 11) is 0. The molecule has 0 aliphatic rings. The van der Waals surface area contributed by atoms with Crippen molar-refractivity contribution in [2.24, 2.45) is 0 Å². The van der Waals surface area contributed by atoms with Gasteiger partial charge in [-0.3, -0.25) is 9.52 Å². The van der Waals surface area contributed by atoms with Gasteiger partial charge in [-0.2, -0.15) is 10.6 Å². The first-order chi connectivity index (χ1) is 8.51. The van der Waals surface area contributed by atoms with Crippen molar-refractivity contribution >= 4 is 10.9 Å². The van der Waals surface area contributed by atoms with E-state index in [2.05, 4.69) is 29.6 Å². The number of aromatic nitrogens is 2. The Morgan fingerprint density at radius 3 is 2.67 bits per heavy atom. The maximum absolute atomic E-state index is 5.53. The van der Waals surface area contributed by atoms with E-state index in [-0.39, 0.29) is 5.60 Å². The maximum Gasteiger partial charge on any atom is 0.0864 e. The van der Waals surface area contributed by atoms with Crippen molar-refractivity contribution < 1.29 is 4.84 Å². The molecule has 0 amide bonds.